The minimum atomic E-state index is -3.82. The summed E-state index contributed by atoms with van der Waals surface area (Å²) in [6.45, 7) is 1.72. The predicted molar refractivity (Wildman–Crippen MR) is 97.6 cm³/mol. The van der Waals surface area contributed by atoms with Crippen LogP contribution in [0.1, 0.15) is 12.5 Å². The normalized spacial score (nSPS) is 12.3. The van der Waals surface area contributed by atoms with E-state index in [1.807, 2.05) is 18.2 Å². The third-order valence-electron chi connectivity index (χ3n) is 3.74. The van der Waals surface area contributed by atoms with Crippen LogP contribution in [0.15, 0.2) is 53.4 Å². The zero-order chi connectivity index (χ0) is 19.2. The molecule has 2 N–H and O–H groups in total. The third kappa shape index (κ3) is 4.96. The molecule has 0 unspecified atom stereocenters. The second-order valence-electron chi connectivity index (χ2n) is 5.55. The Labute approximate surface area is 153 Å². The molecule has 0 radical (unpaired) electrons. The third-order valence-corrected chi connectivity index (χ3v) is 5.30. The molecule has 1 amide bonds. The molecule has 0 heterocycles. The number of carbonyl (C=O) groups is 1. The van der Waals surface area contributed by atoms with E-state index in [9.17, 15) is 13.2 Å². The monoisotopic (exact) mass is 378 g/mol. The summed E-state index contributed by atoms with van der Waals surface area (Å²) in [5, 5.41) is 2.70. The Balaban J connectivity index is 1.99. The topological polar surface area (TPSA) is 93.7 Å². The Hall–Kier alpha value is -2.58. The number of ether oxygens (including phenoxy) is 2. The Morgan fingerprint density at radius 1 is 1.04 bits per heavy atom. The van der Waals surface area contributed by atoms with Gasteiger partial charge in [0.05, 0.1) is 25.2 Å². The molecule has 0 aliphatic rings. The molecule has 2 aromatic rings. The first kappa shape index (κ1) is 19.7. The molecule has 0 aromatic heterocycles. The summed E-state index contributed by atoms with van der Waals surface area (Å²) in [6.07, 6.45) is 0. The molecule has 0 aliphatic heterocycles. The number of amides is 1. The van der Waals surface area contributed by atoms with Crippen LogP contribution in [0, 0.1) is 0 Å². The second-order valence-corrected chi connectivity index (χ2v) is 7.26. The smallest absolute Gasteiger partial charge is 0.241 e. The fourth-order valence-electron chi connectivity index (χ4n) is 2.29. The first-order valence-electron chi connectivity index (χ1n) is 7.93. The molecular formula is C18H22N2O5S. The molecule has 0 bridgehead atoms. The molecule has 140 valence electrons. The Morgan fingerprint density at radius 3 is 2.31 bits per heavy atom. The number of para-hydroxylation sites is 1. The number of rotatable bonds is 8. The van der Waals surface area contributed by atoms with Gasteiger partial charge in [0, 0.05) is 12.1 Å². The summed E-state index contributed by atoms with van der Waals surface area (Å²) in [5.41, 5.74) is 0.800. The Bertz CT molecular complexity index is 850. The number of methoxy groups -OCH3 is 2. The summed E-state index contributed by atoms with van der Waals surface area (Å²) < 4.78 is 37.3. The summed E-state index contributed by atoms with van der Waals surface area (Å²) in [4.78, 5) is 12.3. The first-order chi connectivity index (χ1) is 12.4. The van der Waals surface area contributed by atoms with E-state index >= 15 is 0 Å². The van der Waals surface area contributed by atoms with Crippen LogP contribution < -0.4 is 19.5 Å². The SMILES string of the molecule is COc1ccc(S(=O)(=O)N[C@H](C)C(=O)NCc2ccccc2OC)cc1. The van der Waals surface area contributed by atoms with Gasteiger partial charge in [0.25, 0.3) is 0 Å². The number of carbonyl (C=O) groups excluding carboxylic acids is 1. The van der Waals surface area contributed by atoms with Crippen LogP contribution in [0.5, 0.6) is 11.5 Å². The molecule has 26 heavy (non-hydrogen) atoms. The summed E-state index contributed by atoms with van der Waals surface area (Å²) in [7, 11) is -0.773. The van der Waals surface area contributed by atoms with E-state index in [0.29, 0.717) is 11.5 Å². The van der Waals surface area contributed by atoms with Gasteiger partial charge in [0.2, 0.25) is 15.9 Å². The summed E-state index contributed by atoms with van der Waals surface area (Å²) in [5.74, 6) is 0.763. The average molecular weight is 378 g/mol. The van der Waals surface area contributed by atoms with Crippen molar-refractivity contribution in [3.05, 3.63) is 54.1 Å². The van der Waals surface area contributed by atoms with Gasteiger partial charge in [-0.2, -0.15) is 4.72 Å². The van der Waals surface area contributed by atoms with Crippen LogP contribution in [-0.2, 0) is 21.4 Å². The summed E-state index contributed by atoms with van der Waals surface area (Å²) >= 11 is 0. The lowest BCUT2D eigenvalue weighted by Crippen LogP contribution is -2.44. The molecular weight excluding hydrogens is 356 g/mol. The predicted octanol–water partition coefficient (Wildman–Crippen LogP) is 1.69. The highest BCUT2D eigenvalue weighted by atomic mass is 32.2. The van der Waals surface area contributed by atoms with Gasteiger partial charge in [0.15, 0.2) is 0 Å². The largest absolute Gasteiger partial charge is 0.497 e. The van der Waals surface area contributed by atoms with Crippen molar-refractivity contribution < 1.29 is 22.7 Å². The number of sulfonamides is 1. The van der Waals surface area contributed by atoms with E-state index in [1.54, 1.807) is 25.3 Å². The average Bonchev–Trinajstić information content (AvgIpc) is 2.65. The van der Waals surface area contributed by atoms with Gasteiger partial charge in [-0.3, -0.25) is 4.79 Å². The summed E-state index contributed by atoms with van der Waals surface area (Å²) in [6, 6.07) is 12.3. The minimum absolute atomic E-state index is 0.0580. The molecule has 0 spiro atoms. The van der Waals surface area contributed by atoms with E-state index in [2.05, 4.69) is 10.0 Å². The van der Waals surface area contributed by atoms with Crippen LogP contribution in [0.2, 0.25) is 0 Å². The van der Waals surface area contributed by atoms with Gasteiger partial charge in [-0.25, -0.2) is 8.42 Å². The van der Waals surface area contributed by atoms with Crippen molar-refractivity contribution in [2.24, 2.45) is 0 Å². The zero-order valence-electron chi connectivity index (χ0n) is 14.9. The lowest BCUT2D eigenvalue weighted by atomic mass is 10.2. The second kappa shape index (κ2) is 8.68. The quantitative estimate of drug-likeness (QED) is 0.729. The van der Waals surface area contributed by atoms with E-state index < -0.39 is 22.0 Å². The maximum Gasteiger partial charge on any atom is 0.241 e. The van der Waals surface area contributed by atoms with Gasteiger partial charge in [-0.15, -0.1) is 0 Å². The van der Waals surface area contributed by atoms with Gasteiger partial charge in [-0.05, 0) is 37.3 Å². The molecule has 7 nitrogen and oxygen atoms in total. The maximum absolute atomic E-state index is 12.4. The van der Waals surface area contributed by atoms with E-state index in [4.69, 9.17) is 9.47 Å². The van der Waals surface area contributed by atoms with Crippen LogP contribution in [-0.4, -0.2) is 34.6 Å². The van der Waals surface area contributed by atoms with Gasteiger partial charge >= 0.3 is 0 Å². The molecule has 0 saturated heterocycles. The highest BCUT2D eigenvalue weighted by molar-refractivity contribution is 7.89. The van der Waals surface area contributed by atoms with Crippen molar-refractivity contribution >= 4 is 15.9 Å². The number of hydrogen-bond acceptors (Lipinski definition) is 5. The van der Waals surface area contributed by atoms with Crippen molar-refractivity contribution in [3.63, 3.8) is 0 Å². The van der Waals surface area contributed by atoms with Gasteiger partial charge < -0.3 is 14.8 Å². The Morgan fingerprint density at radius 2 is 1.69 bits per heavy atom. The lowest BCUT2D eigenvalue weighted by Gasteiger charge is -2.15. The van der Waals surface area contributed by atoms with Crippen molar-refractivity contribution in [3.8, 4) is 11.5 Å². The van der Waals surface area contributed by atoms with Crippen LogP contribution in [0.25, 0.3) is 0 Å². The number of benzene rings is 2. The molecule has 0 saturated carbocycles. The standard InChI is InChI=1S/C18H22N2O5S/c1-13(18(21)19-12-14-6-4-5-7-17(14)25-3)20-26(22,23)16-10-8-15(24-2)9-11-16/h4-11,13,20H,12H2,1-3H3,(H,19,21)/t13-/m1/s1. The molecule has 2 aromatic carbocycles. The highest BCUT2D eigenvalue weighted by Gasteiger charge is 2.22. The first-order valence-corrected chi connectivity index (χ1v) is 9.41. The van der Waals surface area contributed by atoms with E-state index in [0.717, 1.165) is 5.56 Å². The lowest BCUT2D eigenvalue weighted by molar-refractivity contribution is -0.122. The van der Waals surface area contributed by atoms with Crippen LogP contribution in [0.4, 0.5) is 0 Å². The number of hydrogen-bond donors (Lipinski definition) is 2. The van der Waals surface area contributed by atoms with Crippen LogP contribution >= 0.6 is 0 Å². The van der Waals surface area contributed by atoms with Crippen molar-refractivity contribution in [1.29, 1.82) is 0 Å². The van der Waals surface area contributed by atoms with Crippen molar-refractivity contribution in [1.82, 2.24) is 10.0 Å². The van der Waals surface area contributed by atoms with Gasteiger partial charge in [0.1, 0.15) is 11.5 Å². The molecule has 0 fully saturated rings. The molecule has 8 heteroatoms. The van der Waals surface area contributed by atoms with Gasteiger partial charge in [-0.1, -0.05) is 18.2 Å². The highest BCUT2D eigenvalue weighted by Crippen LogP contribution is 2.17. The van der Waals surface area contributed by atoms with E-state index in [-0.39, 0.29) is 11.4 Å². The van der Waals surface area contributed by atoms with E-state index in [1.165, 1.54) is 26.2 Å². The van der Waals surface area contributed by atoms with Crippen molar-refractivity contribution in [2.45, 2.75) is 24.4 Å². The maximum atomic E-state index is 12.4. The fraction of sp³-hybridized carbons (Fsp3) is 0.278. The minimum Gasteiger partial charge on any atom is -0.497 e. The zero-order valence-corrected chi connectivity index (χ0v) is 15.7. The molecule has 2 rings (SSSR count). The molecule has 0 aliphatic carbocycles. The van der Waals surface area contributed by atoms with Crippen LogP contribution in [0.3, 0.4) is 0 Å². The number of nitrogens with one attached hydrogen (secondary N) is 2. The van der Waals surface area contributed by atoms with Crippen molar-refractivity contribution in [2.75, 3.05) is 14.2 Å². The fourth-order valence-corrected chi connectivity index (χ4v) is 3.50. The Kier molecular flexibility index (Phi) is 6.59. The molecule has 1 atom stereocenters.